The van der Waals surface area contributed by atoms with Crippen LogP contribution in [0.25, 0.3) is 110 Å². The largest absolute Gasteiger partial charge is 0.455 e. The lowest BCUT2D eigenvalue weighted by Crippen LogP contribution is -2.55. The minimum atomic E-state index is 0.189. The molecule has 10 radical (unpaired) electrons. The predicted molar refractivity (Wildman–Crippen MR) is 252 cm³/mol. The summed E-state index contributed by atoms with van der Waals surface area (Å²) in [4.78, 5) is 0. The first-order chi connectivity index (χ1) is 28.4. The highest BCUT2D eigenvalue weighted by Crippen LogP contribution is 2.48. The zero-order valence-corrected chi connectivity index (χ0v) is 31.4. The van der Waals surface area contributed by atoms with E-state index in [9.17, 15) is 0 Å². The molecule has 0 saturated carbocycles. The van der Waals surface area contributed by atoms with Gasteiger partial charge in [-0.05, 0) is 88.6 Å². The van der Waals surface area contributed by atoms with E-state index >= 15 is 0 Å². The first kappa shape index (κ1) is 34.6. The molecule has 0 fully saturated rings. The summed E-state index contributed by atoms with van der Waals surface area (Å²) in [6, 6.07) is 57.7. The van der Waals surface area contributed by atoms with Crippen LogP contribution in [0.2, 0.25) is 0 Å². The van der Waals surface area contributed by atoms with E-state index in [1.54, 1.807) is 0 Å². The van der Waals surface area contributed by atoms with Crippen molar-refractivity contribution in [2.24, 2.45) is 0 Å². The normalized spacial score (nSPS) is 11.8. The summed E-state index contributed by atoms with van der Waals surface area (Å²) < 4.78 is 7.03. The van der Waals surface area contributed by atoms with Crippen molar-refractivity contribution < 1.29 is 4.42 Å². The standard InChI is InChI=1S/C52H27B5O/c53-47-46(48(54)50(56)51(57)49(47)55)45-37-21-10-8-19-35(37)44(36-20-9-11-22-38(36)45)40-24-12-23-39-30-26-25-29(27-41(30)58-52(39)40)43-33-17-6-4-15-31(33)42(28-13-2-1-3-14-28)32-16-5-7-18-34(32)43/h1-27H. The molecule has 6 heteroatoms. The molecule has 1 heterocycles. The number of fused-ring (bicyclic) bond motifs is 7. The molecule has 0 atom stereocenters. The molecule has 1 nitrogen and oxygen atoms in total. The summed E-state index contributed by atoms with van der Waals surface area (Å²) in [7, 11) is 32.6. The fourth-order valence-electron chi connectivity index (χ4n) is 9.31. The lowest BCUT2D eigenvalue weighted by molar-refractivity contribution is 0.670. The molecule has 0 bridgehead atoms. The van der Waals surface area contributed by atoms with Gasteiger partial charge in [-0.15, -0.1) is 16.4 Å². The Labute approximate surface area is 342 Å². The quantitative estimate of drug-likeness (QED) is 0.131. The van der Waals surface area contributed by atoms with Gasteiger partial charge in [0.15, 0.2) is 0 Å². The highest BCUT2D eigenvalue weighted by Gasteiger charge is 2.23. The number of benzene rings is 10. The van der Waals surface area contributed by atoms with Crippen LogP contribution in [0.3, 0.4) is 0 Å². The van der Waals surface area contributed by atoms with E-state index in [0.717, 1.165) is 65.7 Å². The molecule has 256 valence electrons. The molecule has 0 aliphatic heterocycles. The van der Waals surface area contributed by atoms with Gasteiger partial charge in [-0.2, -0.15) is 0 Å². The molecule has 0 spiro atoms. The smallest absolute Gasteiger partial charge is 0.143 e. The van der Waals surface area contributed by atoms with Gasteiger partial charge >= 0.3 is 0 Å². The molecule has 1 aromatic heterocycles. The van der Waals surface area contributed by atoms with E-state index in [1.165, 1.54) is 38.2 Å². The van der Waals surface area contributed by atoms with Crippen LogP contribution in [0.4, 0.5) is 0 Å². The molecule has 0 aliphatic carbocycles. The average molecular weight is 722 g/mol. The van der Waals surface area contributed by atoms with E-state index in [-0.39, 0.29) is 16.4 Å². The van der Waals surface area contributed by atoms with Gasteiger partial charge in [0.1, 0.15) is 50.4 Å². The Morgan fingerprint density at radius 3 is 1.21 bits per heavy atom. The van der Waals surface area contributed by atoms with Gasteiger partial charge in [0.05, 0.1) is 0 Å². The third kappa shape index (κ3) is 4.97. The molecule has 11 aromatic rings. The van der Waals surface area contributed by atoms with Crippen molar-refractivity contribution in [2.75, 3.05) is 0 Å². The van der Waals surface area contributed by atoms with Crippen LogP contribution in [-0.2, 0) is 0 Å². The summed E-state index contributed by atoms with van der Waals surface area (Å²) in [6.07, 6.45) is 0. The molecule has 0 unspecified atom stereocenters. The minimum absolute atomic E-state index is 0.189. The Morgan fingerprint density at radius 2 is 0.690 bits per heavy atom. The lowest BCUT2D eigenvalue weighted by atomic mass is 9.59. The van der Waals surface area contributed by atoms with Gasteiger partial charge in [0, 0.05) is 21.9 Å². The number of furan rings is 1. The van der Waals surface area contributed by atoms with Gasteiger partial charge in [-0.3, -0.25) is 0 Å². The van der Waals surface area contributed by atoms with Crippen LogP contribution in [0, 0.1) is 0 Å². The molecule has 10 aromatic carbocycles. The van der Waals surface area contributed by atoms with Crippen molar-refractivity contribution in [3.63, 3.8) is 0 Å². The molecular weight excluding hydrogens is 695 g/mol. The van der Waals surface area contributed by atoms with Crippen LogP contribution < -0.4 is 27.3 Å². The predicted octanol–water partition coefficient (Wildman–Crippen LogP) is 8.84. The summed E-state index contributed by atoms with van der Waals surface area (Å²) in [5.74, 6) is 0. The Hall–Kier alpha value is -6.64. The molecule has 11 rings (SSSR count). The maximum Gasteiger partial charge on any atom is 0.143 e. The molecule has 58 heavy (non-hydrogen) atoms. The van der Waals surface area contributed by atoms with E-state index in [2.05, 4.69) is 140 Å². The molecule has 0 saturated heterocycles. The summed E-state index contributed by atoms with van der Waals surface area (Å²) in [6.45, 7) is 0. The van der Waals surface area contributed by atoms with Gasteiger partial charge < -0.3 is 4.42 Å². The average Bonchev–Trinajstić information content (AvgIpc) is 3.65. The van der Waals surface area contributed by atoms with Gasteiger partial charge in [-0.25, -0.2) is 0 Å². The Balaban J connectivity index is 1.18. The number of hydrogen-bond donors (Lipinski definition) is 0. The number of rotatable bonds is 4. The van der Waals surface area contributed by atoms with Gasteiger partial charge in [0.25, 0.3) is 0 Å². The fraction of sp³-hybridized carbons (Fsp3) is 0. The molecule has 0 amide bonds. The molecule has 0 aliphatic rings. The topological polar surface area (TPSA) is 13.1 Å². The second-order valence-corrected chi connectivity index (χ2v) is 15.0. The third-order valence-corrected chi connectivity index (χ3v) is 11.9. The summed E-state index contributed by atoms with van der Waals surface area (Å²) in [5, 5.41) is 10.8. The maximum absolute atomic E-state index is 7.03. The van der Waals surface area contributed by atoms with Crippen molar-refractivity contribution in [1.29, 1.82) is 0 Å². The second kappa shape index (κ2) is 13.2. The van der Waals surface area contributed by atoms with E-state index in [1.807, 2.05) is 24.3 Å². The highest BCUT2D eigenvalue weighted by atomic mass is 16.3. The second-order valence-electron chi connectivity index (χ2n) is 15.0. The highest BCUT2D eigenvalue weighted by molar-refractivity contribution is 6.69. The Morgan fingerprint density at radius 1 is 0.276 bits per heavy atom. The minimum Gasteiger partial charge on any atom is -0.455 e. The van der Waals surface area contributed by atoms with Crippen molar-refractivity contribution in [3.8, 4) is 44.5 Å². The van der Waals surface area contributed by atoms with Crippen LogP contribution in [0.5, 0.6) is 0 Å². The van der Waals surface area contributed by atoms with E-state index in [4.69, 9.17) is 43.6 Å². The zero-order valence-electron chi connectivity index (χ0n) is 31.4. The summed E-state index contributed by atoms with van der Waals surface area (Å²) >= 11 is 0. The first-order valence-corrected chi connectivity index (χ1v) is 19.3. The number of para-hydroxylation sites is 1. The monoisotopic (exact) mass is 722 g/mol. The first-order valence-electron chi connectivity index (χ1n) is 19.3. The van der Waals surface area contributed by atoms with Crippen molar-refractivity contribution in [1.82, 2.24) is 0 Å². The SMILES string of the molecule is [B]c1c([B])c([B])c(-c2c3ccccc3c(-c3cccc4c3oc3cc(-c5c6ccccc6c(-c6ccccc6)c6ccccc56)ccc34)c3ccccc23)c([B])c1[B]. The number of hydrogen-bond acceptors (Lipinski definition) is 1. The maximum atomic E-state index is 7.03. The van der Waals surface area contributed by atoms with Crippen molar-refractivity contribution in [3.05, 3.63) is 164 Å². The Kier molecular flexibility index (Phi) is 7.88. The zero-order chi connectivity index (χ0) is 39.2. The van der Waals surface area contributed by atoms with Crippen LogP contribution in [0.15, 0.2) is 168 Å². The van der Waals surface area contributed by atoms with Crippen LogP contribution >= 0.6 is 0 Å². The Bertz CT molecular complexity index is 3370. The van der Waals surface area contributed by atoms with Crippen molar-refractivity contribution in [2.45, 2.75) is 0 Å². The fourth-order valence-corrected chi connectivity index (χ4v) is 9.31. The van der Waals surface area contributed by atoms with E-state index in [0.29, 0.717) is 16.5 Å². The molecular formula is C52H27B5O. The van der Waals surface area contributed by atoms with E-state index < -0.39 is 0 Å². The third-order valence-electron chi connectivity index (χ3n) is 11.9. The van der Waals surface area contributed by atoms with Crippen LogP contribution in [0.1, 0.15) is 0 Å². The van der Waals surface area contributed by atoms with Gasteiger partial charge in [-0.1, -0.05) is 163 Å². The van der Waals surface area contributed by atoms with Gasteiger partial charge in [0.2, 0.25) is 0 Å². The van der Waals surface area contributed by atoms with Crippen LogP contribution in [-0.4, -0.2) is 39.2 Å². The summed E-state index contributed by atoms with van der Waals surface area (Å²) in [5.41, 5.74) is 11.0. The molecule has 0 N–H and O–H groups in total. The van der Waals surface area contributed by atoms with Crippen molar-refractivity contribution >= 4 is 132 Å². The lowest BCUT2D eigenvalue weighted by Gasteiger charge is -2.25.